The molecule has 2 rings (SSSR count). The van der Waals surface area contributed by atoms with Gasteiger partial charge in [-0.1, -0.05) is 48.1 Å². The highest BCUT2D eigenvalue weighted by Crippen LogP contribution is 2.27. The second-order valence-electron chi connectivity index (χ2n) is 4.33. The predicted octanol–water partition coefficient (Wildman–Crippen LogP) is 4.23. The van der Waals surface area contributed by atoms with Gasteiger partial charge in [0.25, 0.3) is 0 Å². The van der Waals surface area contributed by atoms with Crippen LogP contribution in [-0.2, 0) is 0 Å². The Bertz CT molecular complexity index is 557. The number of hydrogen-bond donors (Lipinski definition) is 1. The largest absolute Gasteiger partial charge is 0.337 e. The van der Waals surface area contributed by atoms with Gasteiger partial charge < -0.3 is 10.3 Å². The number of nitrogens with zero attached hydrogens (tertiary/aromatic N) is 2. The first kappa shape index (κ1) is 14.3. The monoisotopic (exact) mass is 299 g/mol. The molecule has 1 aromatic heterocycles. The molecule has 2 aromatic rings. The van der Waals surface area contributed by atoms with E-state index < -0.39 is 0 Å². The Morgan fingerprint density at radius 3 is 2.79 bits per heavy atom. The minimum Gasteiger partial charge on any atom is -0.337 e. The minimum atomic E-state index is -0.219. The Kier molecular flexibility index (Phi) is 4.80. The van der Waals surface area contributed by atoms with Crippen LogP contribution < -0.4 is 5.73 Å². The molecular weight excluding hydrogens is 285 g/mol. The fraction of sp³-hybridized carbons (Fsp3) is 0.385. The molecule has 6 heteroatoms. The highest BCUT2D eigenvalue weighted by atomic mass is 35.5. The molecule has 102 valence electrons. The second-order valence-corrected chi connectivity index (χ2v) is 5.15. The molecule has 1 unspecified atom stereocenters. The number of hydrogen-bond acceptors (Lipinski definition) is 4. The standard InChI is InChI=1S/C13H15Cl2N3O/c1-2-3-4-11(16)13-17-12(18-19-13)8-5-6-9(14)10(15)7-8/h5-7,11H,2-4,16H2,1H3. The van der Waals surface area contributed by atoms with Crippen LogP contribution in [0.25, 0.3) is 11.4 Å². The molecular formula is C13H15Cl2N3O. The molecule has 1 aromatic carbocycles. The number of unbranched alkanes of at least 4 members (excludes halogenated alkanes) is 1. The Balaban J connectivity index is 2.18. The lowest BCUT2D eigenvalue weighted by Gasteiger charge is -2.03. The number of benzene rings is 1. The van der Waals surface area contributed by atoms with Crippen LogP contribution >= 0.6 is 23.2 Å². The average Bonchev–Trinajstić information content (AvgIpc) is 2.89. The zero-order chi connectivity index (χ0) is 13.8. The smallest absolute Gasteiger partial charge is 0.243 e. The average molecular weight is 300 g/mol. The zero-order valence-electron chi connectivity index (χ0n) is 10.6. The maximum atomic E-state index is 5.98. The van der Waals surface area contributed by atoms with Gasteiger partial charge in [0, 0.05) is 5.56 Å². The van der Waals surface area contributed by atoms with E-state index in [1.165, 1.54) is 0 Å². The first-order valence-corrected chi connectivity index (χ1v) is 6.92. The lowest BCUT2D eigenvalue weighted by atomic mass is 10.1. The van der Waals surface area contributed by atoms with E-state index in [4.69, 9.17) is 33.5 Å². The second kappa shape index (κ2) is 6.37. The van der Waals surface area contributed by atoms with Crippen molar-refractivity contribution in [2.45, 2.75) is 32.2 Å². The first-order valence-electron chi connectivity index (χ1n) is 6.16. The van der Waals surface area contributed by atoms with Gasteiger partial charge in [-0.05, 0) is 24.6 Å². The van der Waals surface area contributed by atoms with Gasteiger partial charge in [0.1, 0.15) is 0 Å². The van der Waals surface area contributed by atoms with E-state index in [-0.39, 0.29) is 6.04 Å². The summed E-state index contributed by atoms with van der Waals surface area (Å²) in [6, 6.07) is 4.98. The van der Waals surface area contributed by atoms with Crippen LogP contribution in [0.5, 0.6) is 0 Å². The number of aromatic nitrogens is 2. The van der Waals surface area contributed by atoms with Crippen LogP contribution in [0.15, 0.2) is 22.7 Å². The summed E-state index contributed by atoms with van der Waals surface area (Å²) in [7, 11) is 0. The molecule has 0 saturated heterocycles. The lowest BCUT2D eigenvalue weighted by Crippen LogP contribution is -2.10. The van der Waals surface area contributed by atoms with Crippen molar-refractivity contribution < 1.29 is 4.52 Å². The summed E-state index contributed by atoms with van der Waals surface area (Å²) in [5.74, 6) is 0.926. The summed E-state index contributed by atoms with van der Waals surface area (Å²) in [4.78, 5) is 4.30. The van der Waals surface area contributed by atoms with Crippen molar-refractivity contribution in [3.63, 3.8) is 0 Å². The Morgan fingerprint density at radius 2 is 2.11 bits per heavy atom. The predicted molar refractivity (Wildman–Crippen MR) is 76.2 cm³/mol. The van der Waals surface area contributed by atoms with Crippen LogP contribution in [0.3, 0.4) is 0 Å². The van der Waals surface area contributed by atoms with Gasteiger partial charge in [0.15, 0.2) is 0 Å². The maximum absolute atomic E-state index is 5.98. The van der Waals surface area contributed by atoms with Crippen molar-refractivity contribution in [2.75, 3.05) is 0 Å². The molecule has 0 radical (unpaired) electrons. The SMILES string of the molecule is CCCCC(N)c1nc(-c2ccc(Cl)c(Cl)c2)no1. The van der Waals surface area contributed by atoms with Gasteiger partial charge in [0.2, 0.25) is 11.7 Å². The molecule has 0 amide bonds. The zero-order valence-corrected chi connectivity index (χ0v) is 12.1. The third-order valence-corrected chi connectivity index (χ3v) is 3.54. The van der Waals surface area contributed by atoms with Crippen molar-refractivity contribution in [1.82, 2.24) is 10.1 Å². The third kappa shape index (κ3) is 3.47. The Morgan fingerprint density at radius 1 is 1.32 bits per heavy atom. The maximum Gasteiger partial charge on any atom is 0.243 e. The summed E-state index contributed by atoms with van der Waals surface area (Å²) >= 11 is 11.8. The van der Waals surface area contributed by atoms with Crippen LogP contribution in [0.4, 0.5) is 0 Å². The van der Waals surface area contributed by atoms with Gasteiger partial charge >= 0.3 is 0 Å². The summed E-state index contributed by atoms with van der Waals surface area (Å²) in [5.41, 5.74) is 6.74. The number of halogens is 2. The molecule has 4 nitrogen and oxygen atoms in total. The minimum absolute atomic E-state index is 0.219. The van der Waals surface area contributed by atoms with Crippen molar-refractivity contribution in [3.05, 3.63) is 34.1 Å². The molecule has 0 aliphatic carbocycles. The highest BCUT2D eigenvalue weighted by Gasteiger charge is 2.15. The lowest BCUT2D eigenvalue weighted by molar-refractivity contribution is 0.346. The fourth-order valence-electron chi connectivity index (χ4n) is 1.69. The normalized spacial score (nSPS) is 12.6. The highest BCUT2D eigenvalue weighted by molar-refractivity contribution is 6.42. The summed E-state index contributed by atoms with van der Waals surface area (Å²) in [6.07, 6.45) is 2.95. The molecule has 0 fully saturated rings. The molecule has 2 N–H and O–H groups in total. The topological polar surface area (TPSA) is 64.9 Å². The quantitative estimate of drug-likeness (QED) is 0.897. The first-order chi connectivity index (χ1) is 9.11. The van der Waals surface area contributed by atoms with Crippen LogP contribution in [0.2, 0.25) is 10.0 Å². The summed E-state index contributed by atoms with van der Waals surface area (Å²) in [6.45, 7) is 2.11. The molecule has 19 heavy (non-hydrogen) atoms. The van der Waals surface area contributed by atoms with Crippen LogP contribution in [0, 0.1) is 0 Å². The van der Waals surface area contributed by atoms with Gasteiger partial charge in [0.05, 0.1) is 16.1 Å². The number of rotatable bonds is 5. The van der Waals surface area contributed by atoms with Crippen LogP contribution in [0.1, 0.15) is 38.1 Å². The molecule has 0 bridgehead atoms. The molecule has 0 saturated carbocycles. The van der Waals surface area contributed by atoms with Gasteiger partial charge in [-0.15, -0.1) is 0 Å². The van der Waals surface area contributed by atoms with Crippen LogP contribution in [-0.4, -0.2) is 10.1 Å². The molecule has 1 heterocycles. The number of nitrogens with two attached hydrogens (primary N) is 1. The van der Waals surface area contributed by atoms with Crippen molar-refractivity contribution in [3.8, 4) is 11.4 Å². The molecule has 1 atom stereocenters. The van der Waals surface area contributed by atoms with E-state index in [0.29, 0.717) is 21.8 Å². The van der Waals surface area contributed by atoms with Crippen molar-refractivity contribution in [2.24, 2.45) is 5.73 Å². The van der Waals surface area contributed by atoms with E-state index in [9.17, 15) is 0 Å². The third-order valence-electron chi connectivity index (χ3n) is 2.81. The Hall–Kier alpha value is -1.10. The molecule has 0 aliphatic rings. The Labute approximate surface area is 121 Å². The van der Waals surface area contributed by atoms with E-state index in [2.05, 4.69) is 17.1 Å². The van der Waals surface area contributed by atoms with E-state index >= 15 is 0 Å². The molecule has 0 aliphatic heterocycles. The molecule has 0 spiro atoms. The van der Waals surface area contributed by atoms with Gasteiger partial charge in [-0.25, -0.2) is 0 Å². The summed E-state index contributed by atoms with van der Waals surface area (Å²) < 4.78 is 5.19. The van der Waals surface area contributed by atoms with Crippen molar-refractivity contribution >= 4 is 23.2 Å². The summed E-state index contributed by atoms with van der Waals surface area (Å²) in [5, 5.41) is 4.87. The van der Waals surface area contributed by atoms with Crippen molar-refractivity contribution in [1.29, 1.82) is 0 Å². The fourth-order valence-corrected chi connectivity index (χ4v) is 1.98. The van der Waals surface area contributed by atoms with Gasteiger partial charge in [-0.3, -0.25) is 0 Å². The van der Waals surface area contributed by atoms with E-state index in [1.54, 1.807) is 18.2 Å². The van der Waals surface area contributed by atoms with E-state index in [0.717, 1.165) is 24.8 Å². The van der Waals surface area contributed by atoms with Gasteiger partial charge in [-0.2, -0.15) is 4.98 Å². The van der Waals surface area contributed by atoms with E-state index in [1.807, 2.05) is 0 Å².